The van der Waals surface area contributed by atoms with Gasteiger partial charge in [-0.15, -0.1) is 0 Å². The third kappa shape index (κ3) is 3.46. The van der Waals surface area contributed by atoms with Gasteiger partial charge in [0.05, 0.1) is 5.69 Å². The maximum Gasteiger partial charge on any atom is 0.280 e. The van der Waals surface area contributed by atoms with Crippen molar-refractivity contribution in [2.45, 2.75) is 32.6 Å². The Bertz CT molecular complexity index is 998. The van der Waals surface area contributed by atoms with Gasteiger partial charge in [-0.25, -0.2) is 14.1 Å². The molecule has 0 spiro atoms. The molecule has 1 aliphatic rings. The summed E-state index contributed by atoms with van der Waals surface area (Å²) in [5.74, 6) is 0.146. The van der Waals surface area contributed by atoms with E-state index < -0.39 is 0 Å². The summed E-state index contributed by atoms with van der Waals surface area (Å²) in [4.78, 5) is 19.4. The molecule has 0 N–H and O–H groups in total. The lowest BCUT2D eigenvalue weighted by molar-refractivity contribution is 0.0981. The monoisotopic (exact) mass is 442 g/mol. The summed E-state index contributed by atoms with van der Waals surface area (Å²) in [6, 6.07) is 9.90. The van der Waals surface area contributed by atoms with E-state index in [0.717, 1.165) is 47.1 Å². The first-order chi connectivity index (χ1) is 13.6. The molecular formula is C21H20BrFN4O. The summed E-state index contributed by atoms with van der Waals surface area (Å²) in [7, 11) is 0. The molecule has 2 aromatic heterocycles. The van der Waals surface area contributed by atoms with E-state index in [1.807, 2.05) is 19.1 Å². The van der Waals surface area contributed by atoms with Crippen molar-refractivity contribution < 1.29 is 9.18 Å². The first-order valence-electron chi connectivity index (χ1n) is 9.38. The average molecular weight is 443 g/mol. The molecule has 2 heterocycles. The largest absolute Gasteiger partial charge is 0.292 e. The summed E-state index contributed by atoms with van der Waals surface area (Å²) >= 11 is 3.37. The Kier molecular flexibility index (Phi) is 5.26. The lowest BCUT2D eigenvalue weighted by Crippen LogP contribution is -2.32. The Morgan fingerprint density at radius 2 is 1.93 bits per heavy atom. The number of halogens is 2. The van der Waals surface area contributed by atoms with Gasteiger partial charge >= 0.3 is 0 Å². The zero-order valence-electron chi connectivity index (χ0n) is 15.5. The molecule has 3 aromatic rings. The first-order valence-corrected chi connectivity index (χ1v) is 10.2. The van der Waals surface area contributed by atoms with Crippen LogP contribution in [0.2, 0.25) is 0 Å². The van der Waals surface area contributed by atoms with Gasteiger partial charge in [-0.1, -0.05) is 0 Å². The van der Waals surface area contributed by atoms with Gasteiger partial charge < -0.3 is 0 Å². The van der Waals surface area contributed by atoms with Crippen LogP contribution in [0.15, 0.2) is 47.1 Å². The molecule has 1 aromatic carbocycles. The van der Waals surface area contributed by atoms with Gasteiger partial charge in [0.15, 0.2) is 5.69 Å². The van der Waals surface area contributed by atoms with Gasteiger partial charge in [-0.2, -0.15) is 5.10 Å². The van der Waals surface area contributed by atoms with Crippen molar-refractivity contribution in [1.82, 2.24) is 14.8 Å². The Balaban J connectivity index is 1.77. The third-order valence-corrected chi connectivity index (χ3v) is 5.47. The minimum atomic E-state index is -0.292. The number of nitrogens with zero attached hydrogens (tertiary/aromatic N) is 4. The first kappa shape index (κ1) is 18.8. The van der Waals surface area contributed by atoms with E-state index in [1.54, 1.807) is 27.9 Å². The van der Waals surface area contributed by atoms with Crippen LogP contribution in [0.5, 0.6) is 0 Å². The number of carbonyl (C=O) groups is 1. The number of aromatic nitrogens is 3. The van der Waals surface area contributed by atoms with Crippen molar-refractivity contribution in [2.24, 2.45) is 0 Å². The number of pyridine rings is 1. The molecule has 1 aliphatic carbocycles. The normalized spacial score (nSPS) is 13.2. The van der Waals surface area contributed by atoms with E-state index in [2.05, 4.69) is 26.0 Å². The molecular weight excluding hydrogens is 423 g/mol. The van der Waals surface area contributed by atoms with Gasteiger partial charge in [0.25, 0.3) is 5.91 Å². The van der Waals surface area contributed by atoms with Crippen LogP contribution in [0, 0.1) is 5.82 Å². The van der Waals surface area contributed by atoms with Crippen molar-refractivity contribution in [2.75, 3.05) is 11.4 Å². The van der Waals surface area contributed by atoms with Crippen molar-refractivity contribution in [3.8, 4) is 5.69 Å². The van der Waals surface area contributed by atoms with Gasteiger partial charge in [0.2, 0.25) is 0 Å². The number of carbonyl (C=O) groups excluding carboxylic acids is 1. The topological polar surface area (TPSA) is 51.0 Å². The maximum absolute atomic E-state index is 13.4. The predicted molar refractivity (Wildman–Crippen MR) is 109 cm³/mol. The summed E-state index contributed by atoms with van der Waals surface area (Å²) in [5.41, 5.74) is 3.27. The van der Waals surface area contributed by atoms with E-state index in [1.165, 1.54) is 12.1 Å². The zero-order valence-corrected chi connectivity index (χ0v) is 17.1. The molecule has 0 fully saturated rings. The fraction of sp³-hybridized carbons (Fsp3) is 0.286. The number of rotatable bonds is 4. The molecule has 0 saturated heterocycles. The quantitative estimate of drug-likeness (QED) is 0.587. The Morgan fingerprint density at radius 1 is 1.18 bits per heavy atom. The van der Waals surface area contributed by atoms with E-state index >= 15 is 0 Å². The Labute approximate surface area is 171 Å². The van der Waals surface area contributed by atoms with E-state index in [4.69, 9.17) is 0 Å². The maximum atomic E-state index is 13.4. The number of fused-ring (bicyclic) bond motifs is 1. The Morgan fingerprint density at radius 3 is 2.61 bits per heavy atom. The van der Waals surface area contributed by atoms with E-state index in [-0.39, 0.29) is 11.7 Å². The summed E-state index contributed by atoms with van der Waals surface area (Å²) < 4.78 is 16.0. The molecule has 0 unspecified atom stereocenters. The van der Waals surface area contributed by atoms with Crippen LogP contribution in [0.1, 0.15) is 41.5 Å². The van der Waals surface area contributed by atoms with Crippen LogP contribution in [0.4, 0.5) is 10.2 Å². The van der Waals surface area contributed by atoms with Crippen LogP contribution in [-0.2, 0) is 12.8 Å². The Hall–Kier alpha value is -2.54. The molecule has 144 valence electrons. The summed E-state index contributed by atoms with van der Waals surface area (Å²) in [5, 5.41) is 4.67. The number of hydrogen-bond donors (Lipinski definition) is 0. The molecule has 7 heteroatoms. The molecule has 1 amide bonds. The minimum Gasteiger partial charge on any atom is -0.292 e. The van der Waals surface area contributed by atoms with Gasteiger partial charge in [-0.05, 0) is 84.9 Å². The predicted octanol–water partition coefficient (Wildman–Crippen LogP) is 4.71. The van der Waals surface area contributed by atoms with Crippen LogP contribution in [0.3, 0.4) is 0 Å². The molecule has 5 nitrogen and oxygen atoms in total. The average Bonchev–Trinajstić information content (AvgIpc) is 3.10. The smallest absolute Gasteiger partial charge is 0.280 e. The highest BCUT2D eigenvalue weighted by Crippen LogP contribution is 2.29. The van der Waals surface area contributed by atoms with Crippen molar-refractivity contribution in [3.63, 3.8) is 0 Å². The minimum absolute atomic E-state index is 0.156. The van der Waals surface area contributed by atoms with Crippen LogP contribution >= 0.6 is 15.9 Å². The molecule has 0 radical (unpaired) electrons. The third-order valence-electron chi connectivity index (χ3n) is 5.00. The van der Waals surface area contributed by atoms with Gasteiger partial charge in [0.1, 0.15) is 11.6 Å². The lowest BCUT2D eigenvalue weighted by atomic mass is 9.95. The number of anilines is 1. The van der Waals surface area contributed by atoms with Crippen molar-refractivity contribution in [3.05, 3.63) is 69.8 Å². The van der Waals surface area contributed by atoms with Gasteiger partial charge in [0, 0.05) is 28.5 Å². The second-order valence-electron chi connectivity index (χ2n) is 6.75. The van der Waals surface area contributed by atoms with Crippen LogP contribution in [-0.4, -0.2) is 27.2 Å². The van der Waals surface area contributed by atoms with Crippen LogP contribution in [0.25, 0.3) is 5.69 Å². The highest BCUT2D eigenvalue weighted by atomic mass is 79.9. The standard InChI is InChI=1S/C21H20BrFN4O/c1-2-26(19-12-7-14(22)13-24-19)21(28)20-17-5-3-4-6-18(17)27(25-20)16-10-8-15(23)9-11-16/h7-13H,2-6H2,1H3. The number of hydrogen-bond acceptors (Lipinski definition) is 3. The van der Waals surface area contributed by atoms with E-state index in [9.17, 15) is 9.18 Å². The summed E-state index contributed by atoms with van der Waals surface area (Å²) in [6.07, 6.45) is 5.45. The molecule has 28 heavy (non-hydrogen) atoms. The highest BCUT2D eigenvalue weighted by molar-refractivity contribution is 9.10. The highest BCUT2D eigenvalue weighted by Gasteiger charge is 2.29. The van der Waals surface area contributed by atoms with Crippen molar-refractivity contribution in [1.29, 1.82) is 0 Å². The fourth-order valence-corrected chi connectivity index (χ4v) is 3.87. The lowest BCUT2D eigenvalue weighted by Gasteiger charge is -2.20. The molecule has 4 rings (SSSR count). The van der Waals surface area contributed by atoms with Gasteiger partial charge in [-0.3, -0.25) is 9.69 Å². The summed E-state index contributed by atoms with van der Waals surface area (Å²) in [6.45, 7) is 2.41. The fourth-order valence-electron chi connectivity index (χ4n) is 3.63. The molecule has 0 atom stereocenters. The number of amides is 1. The molecule has 0 aliphatic heterocycles. The number of benzene rings is 1. The molecule has 0 bridgehead atoms. The zero-order chi connectivity index (χ0) is 19.7. The van der Waals surface area contributed by atoms with Crippen LogP contribution < -0.4 is 4.90 Å². The second-order valence-corrected chi connectivity index (χ2v) is 7.67. The second kappa shape index (κ2) is 7.83. The van der Waals surface area contributed by atoms with E-state index in [0.29, 0.717) is 18.1 Å². The van der Waals surface area contributed by atoms with Crippen molar-refractivity contribution >= 4 is 27.7 Å². The SMILES string of the molecule is CCN(C(=O)c1nn(-c2ccc(F)cc2)c2c1CCCC2)c1ccc(Br)cn1. The molecule has 0 saturated carbocycles.